The summed E-state index contributed by atoms with van der Waals surface area (Å²) in [5, 5.41) is 0. The fraction of sp³-hybridized carbons (Fsp3) is 0.318. The first-order chi connectivity index (χ1) is 12.3. The first kappa shape index (κ1) is 16.1. The van der Waals surface area contributed by atoms with Crippen molar-refractivity contribution in [3.05, 3.63) is 65.2 Å². The van der Waals surface area contributed by atoms with Gasteiger partial charge in [0.1, 0.15) is 0 Å². The second-order valence-corrected chi connectivity index (χ2v) is 6.89. The molecule has 0 saturated heterocycles. The van der Waals surface area contributed by atoms with Crippen LogP contribution in [0.1, 0.15) is 48.8 Å². The quantitative estimate of drug-likeness (QED) is 0.827. The number of hydrogen-bond acceptors (Lipinski definition) is 2. The van der Waals surface area contributed by atoms with Crippen LogP contribution in [0.2, 0.25) is 0 Å². The lowest BCUT2D eigenvalue weighted by Crippen LogP contribution is -2.31. The Morgan fingerprint density at radius 3 is 2.48 bits per heavy atom. The van der Waals surface area contributed by atoms with Gasteiger partial charge in [-0.1, -0.05) is 48.9 Å². The largest absolute Gasteiger partial charge is 0.330 e. The fourth-order valence-electron chi connectivity index (χ4n) is 3.78. The van der Waals surface area contributed by atoms with Crippen LogP contribution in [0.4, 0.5) is 5.69 Å². The number of amides is 1. The van der Waals surface area contributed by atoms with Crippen LogP contribution in [-0.2, 0) is 11.3 Å². The molecule has 2 aliphatic rings. The lowest BCUT2D eigenvalue weighted by molar-refractivity contribution is -0.118. The van der Waals surface area contributed by atoms with Crippen LogP contribution >= 0.6 is 0 Å². The molecule has 0 bridgehead atoms. The van der Waals surface area contributed by atoms with Crippen molar-refractivity contribution in [1.82, 2.24) is 0 Å². The smallest absolute Gasteiger partial charge is 0.227 e. The third-order valence-corrected chi connectivity index (χ3v) is 5.18. The Kier molecular flexibility index (Phi) is 4.41. The average molecular weight is 332 g/mol. The molecule has 128 valence electrons. The highest BCUT2D eigenvalue weighted by atomic mass is 16.2. The van der Waals surface area contributed by atoms with Gasteiger partial charge in [-0.3, -0.25) is 4.79 Å². The molecule has 2 aromatic carbocycles. The normalized spacial score (nSPS) is 15.0. The lowest BCUT2D eigenvalue weighted by atomic mass is 10.0. The molecule has 3 heteroatoms. The van der Waals surface area contributed by atoms with Crippen molar-refractivity contribution in [2.75, 3.05) is 11.4 Å². The minimum atomic E-state index is 0.212. The maximum absolute atomic E-state index is 13.0. The first-order valence-electron chi connectivity index (χ1n) is 9.19. The van der Waals surface area contributed by atoms with Gasteiger partial charge in [0.25, 0.3) is 0 Å². The number of rotatable bonds is 5. The summed E-state index contributed by atoms with van der Waals surface area (Å²) in [5.74, 6) is 0.212. The van der Waals surface area contributed by atoms with Gasteiger partial charge < -0.3 is 10.6 Å². The predicted molar refractivity (Wildman–Crippen MR) is 103 cm³/mol. The zero-order valence-corrected chi connectivity index (χ0v) is 14.5. The topological polar surface area (TPSA) is 46.3 Å². The first-order valence-corrected chi connectivity index (χ1v) is 9.19. The molecular weight excluding hydrogens is 308 g/mol. The third kappa shape index (κ3) is 3.12. The SMILES string of the molecule is NCCCCCC(=O)N1Cc2ccccc2C2=C(C2)c2ccccc21. The summed E-state index contributed by atoms with van der Waals surface area (Å²) in [7, 11) is 0. The van der Waals surface area contributed by atoms with Crippen molar-refractivity contribution in [2.45, 2.75) is 38.6 Å². The molecule has 0 saturated carbocycles. The average Bonchev–Trinajstić information content (AvgIpc) is 3.42. The minimum absolute atomic E-state index is 0.212. The summed E-state index contributed by atoms with van der Waals surface area (Å²) < 4.78 is 0. The summed E-state index contributed by atoms with van der Waals surface area (Å²) in [6, 6.07) is 16.8. The second-order valence-electron chi connectivity index (χ2n) is 6.89. The van der Waals surface area contributed by atoms with E-state index >= 15 is 0 Å². The number of hydrogen-bond donors (Lipinski definition) is 1. The number of nitrogens with two attached hydrogens (primary N) is 1. The predicted octanol–water partition coefficient (Wildman–Crippen LogP) is 4.37. The van der Waals surface area contributed by atoms with Gasteiger partial charge >= 0.3 is 0 Å². The second kappa shape index (κ2) is 6.85. The Morgan fingerprint density at radius 1 is 0.920 bits per heavy atom. The monoisotopic (exact) mass is 332 g/mol. The van der Waals surface area contributed by atoms with E-state index in [9.17, 15) is 4.79 Å². The van der Waals surface area contributed by atoms with Gasteiger partial charge in [-0.2, -0.15) is 0 Å². The Hall–Kier alpha value is -2.39. The van der Waals surface area contributed by atoms with Gasteiger partial charge in [-0.15, -0.1) is 0 Å². The summed E-state index contributed by atoms with van der Waals surface area (Å²) in [6.45, 7) is 1.35. The Balaban J connectivity index is 1.69. The van der Waals surface area contributed by atoms with Crippen LogP contribution in [-0.4, -0.2) is 12.5 Å². The van der Waals surface area contributed by atoms with Gasteiger partial charge in [0.2, 0.25) is 5.91 Å². The Morgan fingerprint density at radius 2 is 1.64 bits per heavy atom. The number of anilines is 1. The molecule has 0 atom stereocenters. The van der Waals surface area contributed by atoms with Crippen LogP contribution in [0.3, 0.4) is 0 Å². The van der Waals surface area contributed by atoms with Crippen LogP contribution < -0.4 is 10.6 Å². The minimum Gasteiger partial charge on any atom is -0.330 e. The summed E-state index contributed by atoms with van der Waals surface area (Å²) in [6.07, 6.45) is 4.53. The zero-order chi connectivity index (χ0) is 17.2. The number of para-hydroxylation sites is 1. The van der Waals surface area contributed by atoms with Crippen molar-refractivity contribution in [3.63, 3.8) is 0 Å². The highest BCUT2D eigenvalue weighted by Crippen LogP contribution is 2.52. The molecule has 0 radical (unpaired) electrons. The number of carbonyl (C=O) groups is 1. The van der Waals surface area contributed by atoms with Crippen molar-refractivity contribution in [1.29, 1.82) is 0 Å². The maximum Gasteiger partial charge on any atom is 0.227 e. The van der Waals surface area contributed by atoms with Crippen LogP contribution in [0.15, 0.2) is 48.5 Å². The highest BCUT2D eigenvalue weighted by Gasteiger charge is 2.32. The molecule has 0 spiro atoms. The highest BCUT2D eigenvalue weighted by molar-refractivity contribution is 6.12. The van der Waals surface area contributed by atoms with E-state index in [2.05, 4.69) is 42.5 Å². The van der Waals surface area contributed by atoms with Gasteiger partial charge in [0, 0.05) is 12.0 Å². The summed E-state index contributed by atoms with van der Waals surface area (Å²) in [5.41, 5.74) is 13.2. The van der Waals surface area contributed by atoms with Crippen molar-refractivity contribution in [3.8, 4) is 0 Å². The van der Waals surface area contributed by atoms with Crippen LogP contribution in [0.25, 0.3) is 11.1 Å². The number of allylic oxidation sites excluding steroid dienone is 2. The van der Waals surface area contributed by atoms with Crippen molar-refractivity contribution in [2.24, 2.45) is 5.73 Å². The molecule has 3 nitrogen and oxygen atoms in total. The zero-order valence-electron chi connectivity index (χ0n) is 14.5. The van der Waals surface area contributed by atoms with Gasteiger partial charge in [-0.25, -0.2) is 0 Å². The fourth-order valence-corrected chi connectivity index (χ4v) is 3.78. The van der Waals surface area contributed by atoms with E-state index in [1.165, 1.54) is 27.8 Å². The standard InChI is InChI=1S/C22H24N2O/c23-13-7-1-2-12-22(25)24-15-16-8-3-4-9-17(16)19-14-20(19)18-10-5-6-11-21(18)24/h3-6,8-11H,1-2,7,12-15,23H2. The molecule has 0 aromatic heterocycles. The lowest BCUT2D eigenvalue weighted by Gasteiger charge is -2.27. The molecular formula is C22H24N2O. The van der Waals surface area contributed by atoms with E-state index in [4.69, 9.17) is 5.73 Å². The van der Waals surface area contributed by atoms with Gasteiger partial charge in [0.05, 0.1) is 12.2 Å². The van der Waals surface area contributed by atoms with Gasteiger partial charge in [0.15, 0.2) is 0 Å². The number of benzene rings is 2. The molecule has 4 rings (SSSR count). The Bertz CT molecular complexity index is 837. The van der Waals surface area contributed by atoms with E-state index in [1.807, 2.05) is 11.0 Å². The van der Waals surface area contributed by atoms with E-state index in [1.54, 1.807) is 0 Å². The molecule has 1 aliphatic heterocycles. The van der Waals surface area contributed by atoms with Crippen molar-refractivity contribution < 1.29 is 4.79 Å². The Labute approximate surface area is 149 Å². The van der Waals surface area contributed by atoms with E-state index in [0.717, 1.165) is 31.4 Å². The number of carbonyl (C=O) groups excluding carboxylic acids is 1. The molecule has 1 heterocycles. The van der Waals surface area contributed by atoms with Crippen molar-refractivity contribution >= 4 is 22.7 Å². The molecule has 2 N–H and O–H groups in total. The maximum atomic E-state index is 13.0. The van der Waals surface area contributed by atoms with Gasteiger partial charge in [-0.05, 0) is 54.1 Å². The summed E-state index contributed by atoms with van der Waals surface area (Å²) in [4.78, 5) is 15.0. The molecule has 1 amide bonds. The summed E-state index contributed by atoms with van der Waals surface area (Å²) >= 11 is 0. The molecule has 25 heavy (non-hydrogen) atoms. The molecule has 0 fully saturated rings. The van der Waals surface area contributed by atoms with E-state index in [-0.39, 0.29) is 5.91 Å². The molecule has 1 aliphatic carbocycles. The number of unbranched alkanes of at least 4 members (excludes halogenated alkanes) is 2. The van der Waals surface area contributed by atoms with E-state index in [0.29, 0.717) is 19.5 Å². The van der Waals surface area contributed by atoms with E-state index < -0.39 is 0 Å². The van der Waals surface area contributed by atoms with Crippen LogP contribution in [0, 0.1) is 0 Å². The molecule has 2 aromatic rings. The van der Waals surface area contributed by atoms with Crippen LogP contribution in [0.5, 0.6) is 0 Å². The third-order valence-electron chi connectivity index (χ3n) is 5.18. The number of fused-ring (bicyclic) bond motifs is 4. The molecule has 0 unspecified atom stereocenters. The number of nitrogens with zero attached hydrogens (tertiary/aromatic N) is 1.